The number of nitrogens with one attached hydrogen (secondary N) is 1. The topological polar surface area (TPSA) is 105 Å². The molecule has 1 N–H and O–H groups in total. The maximum absolute atomic E-state index is 13.0. The first-order chi connectivity index (χ1) is 13.9. The summed E-state index contributed by atoms with van der Waals surface area (Å²) in [5.74, 6) is -1.81. The first kappa shape index (κ1) is 23.4. The predicted octanol–water partition coefficient (Wildman–Crippen LogP) is 2.94. The minimum atomic E-state index is -4.80. The third kappa shape index (κ3) is 5.36. The number of ether oxygens (including phenoxy) is 2. The number of carboxylic acids is 1. The first-order valence-electron chi connectivity index (χ1n) is 7.93. The molecule has 0 saturated heterocycles. The Labute approximate surface area is 174 Å². The number of rotatable bonds is 7. The number of benzene rings is 2. The summed E-state index contributed by atoms with van der Waals surface area (Å²) in [4.78, 5) is 10.1. The molecule has 0 bridgehead atoms. The molecule has 0 unspecified atom stereocenters. The second-order valence-electron chi connectivity index (χ2n) is 5.70. The van der Waals surface area contributed by atoms with Crippen LogP contribution < -0.4 is 19.3 Å². The average molecular weight is 465 g/mol. The Morgan fingerprint density at radius 2 is 1.83 bits per heavy atom. The van der Waals surface area contributed by atoms with Gasteiger partial charge in [-0.15, -0.1) is 0 Å². The van der Waals surface area contributed by atoms with Crippen LogP contribution in [0.4, 0.5) is 18.9 Å². The van der Waals surface area contributed by atoms with Crippen LogP contribution in [0.1, 0.15) is 11.1 Å². The molecule has 0 aromatic heterocycles. The fourth-order valence-corrected chi connectivity index (χ4v) is 3.92. The summed E-state index contributed by atoms with van der Waals surface area (Å²) in [5.41, 5.74) is -1.52. The maximum atomic E-state index is 13.0. The minimum absolute atomic E-state index is 0.0505. The summed E-state index contributed by atoms with van der Waals surface area (Å²) < 4.78 is 77.0. The second-order valence-corrected chi connectivity index (χ2v) is 7.76. The highest BCUT2D eigenvalue weighted by atomic mass is 35.5. The highest BCUT2D eigenvalue weighted by Gasteiger charge is 2.34. The van der Waals surface area contributed by atoms with E-state index < -0.39 is 43.3 Å². The minimum Gasteiger partial charge on any atom is -0.545 e. The molecule has 0 fully saturated rings. The van der Waals surface area contributed by atoms with Gasteiger partial charge in [0.25, 0.3) is 10.0 Å². The number of sulfonamides is 1. The molecule has 0 aliphatic carbocycles. The normalized spacial score (nSPS) is 12.1. The number of carbonyl (C=O) groups excluding carboxylic acids is 1. The zero-order valence-electron chi connectivity index (χ0n) is 15.4. The van der Waals surface area contributed by atoms with Gasteiger partial charge in [-0.1, -0.05) is 17.7 Å². The van der Waals surface area contributed by atoms with E-state index in [0.29, 0.717) is 12.1 Å². The Hall–Kier alpha value is -2.92. The Morgan fingerprint density at radius 3 is 2.37 bits per heavy atom. The lowest BCUT2D eigenvalue weighted by molar-refractivity contribution is -0.297. The third-order valence-electron chi connectivity index (χ3n) is 3.69. The summed E-state index contributed by atoms with van der Waals surface area (Å²) in [6.07, 6.45) is -3.07. The summed E-state index contributed by atoms with van der Waals surface area (Å²) in [6, 6.07) is 4.87. The van der Waals surface area contributed by atoms with Crippen LogP contribution in [0.5, 0.6) is 11.5 Å². The molecular weight excluding hydrogens is 451 g/mol. The first-order valence-corrected chi connectivity index (χ1v) is 9.80. The van der Waals surface area contributed by atoms with Crippen LogP contribution in [-0.4, -0.2) is 28.6 Å². The molecule has 0 atom stereocenters. The number of carbonyl (C=O) groups is 1. The summed E-state index contributed by atoms with van der Waals surface area (Å²) in [5, 5.41) is 10.0. The smallest absolute Gasteiger partial charge is 0.417 e. The quantitative estimate of drug-likeness (QED) is 0.632. The number of hydrogen-bond donors (Lipinski definition) is 1. The van der Waals surface area contributed by atoms with Crippen molar-refractivity contribution in [1.29, 1.82) is 0 Å². The van der Waals surface area contributed by atoms with Gasteiger partial charge < -0.3 is 19.4 Å². The lowest BCUT2D eigenvalue weighted by Gasteiger charge is -2.16. The van der Waals surface area contributed by atoms with Crippen molar-refractivity contribution in [2.24, 2.45) is 0 Å². The summed E-state index contributed by atoms with van der Waals surface area (Å²) in [7, 11) is -2.10. The Morgan fingerprint density at radius 1 is 1.17 bits per heavy atom. The van der Waals surface area contributed by atoms with E-state index in [2.05, 4.69) is 0 Å². The molecule has 0 saturated carbocycles. The molecule has 2 aromatic carbocycles. The second kappa shape index (κ2) is 8.84. The van der Waals surface area contributed by atoms with Crippen molar-refractivity contribution in [1.82, 2.24) is 0 Å². The average Bonchev–Trinajstić information content (AvgIpc) is 2.65. The highest BCUT2D eigenvalue weighted by molar-refractivity contribution is 7.92. The van der Waals surface area contributed by atoms with Gasteiger partial charge in [0, 0.05) is 5.69 Å². The van der Waals surface area contributed by atoms with Crippen LogP contribution in [0.25, 0.3) is 6.08 Å². The summed E-state index contributed by atoms with van der Waals surface area (Å²) in [6.45, 7) is 0. The largest absolute Gasteiger partial charge is 0.545 e. The molecule has 0 aliphatic rings. The van der Waals surface area contributed by atoms with E-state index in [4.69, 9.17) is 21.1 Å². The van der Waals surface area contributed by atoms with E-state index in [1.165, 1.54) is 13.2 Å². The summed E-state index contributed by atoms with van der Waals surface area (Å²) >= 11 is 5.54. The highest BCUT2D eigenvalue weighted by Crippen LogP contribution is 2.39. The van der Waals surface area contributed by atoms with Gasteiger partial charge >= 0.3 is 6.18 Å². The van der Waals surface area contributed by atoms with Gasteiger partial charge in [-0.05, 0) is 42.0 Å². The Balaban J connectivity index is 2.59. The zero-order chi connectivity index (χ0) is 22.7. The van der Waals surface area contributed by atoms with E-state index in [9.17, 15) is 31.5 Å². The number of anilines is 1. The van der Waals surface area contributed by atoms with Gasteiger partial charge in [-0.25, -0.2) is 8.42 Å². The molecule has 0 radical (unpaired) electrons. The fraction of sp³-hybridized carbons (Fsp3) is 0.167. The molecule has 7 nitrogen and oxygen atoms in total. The molecule has 0 aliphatic heterocycles. The molecule has 0 spiro atoms. The number of hydrogen-bond acceptors (Lipinski definition) is 6. The van der Waals surface area contributed by atoms with Crippen LogP contribution in [0.15, 0.2) is 41.3 Å². The van der Waals surface area contributed by atoms with Crippen LogP contribution in [-0.2, 0) is 21.0 Å². The monoisotopic (exact) mass is 464 g/mol. The van der Waals surface area contributed by atoms with Crippen molar-refractivity contribution in [3.8, 4) is 11.5 Å². The van der Waals surface area contributed by atoms with Gasteiger partial charge in [0.1, 0.15) is 4.90 Å². The van der Waals surface area contributed by atoms with E-state index in [-0.39, 0.29) is 17.1 Å². The third-order valence-corrected chi connectivity index (χ3v) is 5.41. The van der Waals surface area contributed by atoms with E-state index >= 15 is 0 Å². The lowest BCUT2D eigenvalue weighted by atomic mass is 10.2. The number of aliphatic carboxylic acids is 1. The number of carboxylic acid groups (broad SMARTS) is 1. The van der Waals surface area contributed by atoms with E-state index in [1.807, 2.05) is 4.72 Å². The van der Waals surface area contributed by atoms with Gasteiger partial charge in [-0.3, -0.25) is 4.72 Å². The van der Waals surface area contributed by atoms with Crippen LogP contribution >= 0.6 is 11.6 Å². The van der Waals surface area contributed by atoms with Crippen molar-refractivity contribution in [3.63, 3.8) is 0 Å². The lowest BCUT2D eigenvalue weighted by Crippen LogP contribution is -2.18. The molecule has 162 valence electrons. The predicted molar refractivity (Wildman–Crippen MR) is 101 cm³/mol. The van der Waals surface area contributed by atoms with E-state index in [0.717, 1.165) is 31.4 Å². The molecule has 0 heterocycles. The molecule has 2 aromatic rings. The van der Waals surface area contributed by atoms with Crippen molar-refractivity contribution < 1.29 is 41.0 Å². The van der Waals surface area contributed by atoms with E-state index in [1.54, 1.807) is 0 Å². The van der Waals surface area contributed by atoms with Gasteiger partial charge in [0.05, 0.1) is 30.8 Å². The maximum Gasteiger partial charge on any atom is 0.417 e. The number of methoxy groups -OCH3 is 2. The van der Waals surface area contributed by atoms with Crippen molar-refractivity contribution in [3.05, 3.63) is 52.6 Å². The van der Waals surface area contributed by atoms with Gasteiger partial charge in [0.15, 0.2) is 11.5 Å². The molecule has 2 rings (SSSR count). The standard InChI is InChI=1S/C18H15ClF3NO6S/c1-28-14-7-10(3-6-16(24)25)8-15(17(14)29-2)30(26,27)23-11-4-5-13(19)12(9-11)18(20,21)22/h3-9,23H,1-2H3,(H,24,25)/p-1/b6-3+. The SMILES string of the molecule is COc1cc(/C=C/C(=O)[O-])cc(S(=O)(=O)Nc2ccc(Cl)c(C(F)(F)F)c2)c1OC. The van der Waals surface area contributed by atoms with Crippen LogP contribution in [0, 0.1) is 0 Å². The number of alkyl halides is 3. The zero-order valence-corrected chi connectivity index (χ0v) is 17.0. The van der Waals surface area contributed by atoms with Gasteiger partial charge in [0.2, 0.25) is 0 Å². The van der Waals surface area contributed by atoms with Crippen molar-refractivity contribution in [2.45, 2.75) is 11.1 Å². The molecule has 0 amide bonds. The van der Waals surface area contributed by atoms with Gasteiger partial charge in [-0.2, -0.15) is 13.2 Å². The molecular formula is C18H14ClF3NO6S-. The molecule has 12 heteroatoms. The van der Waals surface area contributed by atoms with Crippen molar-refractivity contribution in [2.75, 3.05) is 18.9 Å². The fourth-order valence-electron chi connectivity index (χ4n) is 2.43. The van der Waals surface area contributed by atoms with Crippen LogP contribution in [0.2, 0.25) is 5.02 Å². The Kier molecular flexibility index (Phi) is 6.88. The number of halogens is 4. The Bertz CT molecular complexity index is 1100. The van der Waals surface area contributed by atoms with Crippen LogP contribution in [0.3, 0.4) is 0 Å². The molecule has 30 heavy (non-hydrogen) atoms. The van der Waals surface area contributed by atoms with Crippen molar-refractivity contribution >= 4 is 39.4 Å².